The second-order valence-corrected chi connectivity index (χ2v) is 22.2. The third-order valence-electron chi connectivity index (χ3n) is 11.6. The van der Waals surface area contributed by atoms with Gasteiger partial charge in [-0.15, -0.1) is 11.3 Å². The van der Waals surface area contributed by atoms with Crippen LogP contribution in [0.4, 0.5) is 0 Å². The number of aromatic amines is 1. The van der Waals surface area contributed by atoms with Crippen LogP contribution in [0.15, 0.2) is 65.5 Å². The molecule has 2 N–H and O–H groups in total. The average molecular weight is 774 g/mol. The number of hydrogen-bond donors (Lipinski definition) is 2. The number of benzene rings is 2. The Bertz CT molecular complexity index is 2010. The first-order valence-electron chi connectivity index (χ1n) is 19.1. The van der Waals surface area contributed by atoms with Gasteiger partial charge in [0.25, 0.3) is 5.91 Å². The summed E-state index contributed by atoms with van der Waals surface area (Å²) < 4.78 is 18.2. The van der Waals surface area contributed by atoms with Gasteiger partial charge in [-0.3, -0.25) is 14.5 Å². The number of ether oxygens (including phenoxy) is 2. The van der Waals surface area contributed by atoms with Crippen LogP contribution in [0.5, 0.6) is 5.75 Å². The Morgan fingerprint density at radius 3 is 2.48 bits per heavy atom. The number of nitrogens with one attached hydrogen (secondary N) is 1. The summed E-state index contributed by atoms with van der Waals surface area (Å²) in [7, 11) is -0.788. The number of nitrogens with zero attached hydrogens (tertiary/aromatic N) is 2. The van der Waals surface area contributed by atoms with Crippen molar-refractivity contribution >= 4 is 42.4 Å². The van der Waals surface area contributed by atoms with E-state index in [1.807, 2.05) is 11.0 Å². The number of piperidine rings is 1. The van der Waals surface area contributed by atoms with E-state index in [9.17, 15) is 19.5 Å². The fourth-order valence-corrected chi connectivity index (χ4v) is 9.61. The van der Waals surface area contributed by atoms with Crippen molar-refractivity contribution in [3.63, 3.8) is 0 Å². The lowest BCUT2D eigenvalue weighted by Crippen LogP contribution is -2.57. The van der Waals surface area contributed by atoms with Crippen molar-refractivity contribution in [3.05, 3.63) is 97.5 Å². The number of aryl methyl sites for hydroxylation is 1. The molecule has 1 atom stereocenters. The molecule has 2 aromatic heterocycles. The number of carbonyl (C=O) groups is 2. The molecule has 2 aliphatic rings. The van der Waals surface area contributed by atoms with Crippen LogP contribution in [0.3, 0.4) is 0 Å². The third-order valence-corrected chi connectivity index (χ3v) is 17.1. The minimum absolute atomic E-state index is 0.0351. The first kappa shape index (κ1) is 39.9. The van der Waals surface area contributed by atoms with E-state index >= 15 is 0 Å². The summed E-state index contributed by atoms with van der Waals surface area (Å²) in [6, 6.07) is 19.2. The van der Waals surface area contributed by atoms with Crippen LogP contribution < -0.4 is 5.56 Å². The van der Waals surface area contributed by atoms with Crippen molar-refractivity contribution in [1.82, 2.24) is 14.8 Å². The van der Waals surface area contributed by atoms with Gasteiger partial charge in [-0.1, -0.05) is 57.5 Å². The number of aromatic hydroxyl groups is 1. The molecule has 2 saturated heterocycles. The Balaban J connectivity index is 1.03. The molecular weight excluding hydrogens is 719 g/mol. The van der Waals surface area contributed by atoms with E-state index in [0.717, 1.165) is 69.1 Å². The second-order valence-electron chi connectivity index (χ2n) is 16.4. The minimum Gasteiger partial charge on any atom is -0.506 e. The van der Waals surface area contributed by atoms with Gasteiger partial charge in [0.05, 0.1) is 42.4 Å². The number of phenols is 1. The van der Waals surface area contributed by atoms with Crippen LogP contribution in [0, 0.1) is 0 Å². The molecule has 0 aliphatic carbocycles. The van der Waals surface area contributed by atoms with Gasteiger partial charge in [-0.2, -0.15) is 0 Å². The van der Waals surface area contributed by atoms with E-state index in [4.69, 9.17) is 13.9 Å². The van der Waals surface area contributed by atoms with Crippen LogP contribution in [-0.2, 0) is 26.9 Å². The van der Waals surface area contributed by atoms with Gasteiger partial charge in [0.1, 0.15) is 10.6 Å². The van der Waals surface area contributed by atoms with Gasteiger partial charge >= 0.3 is 5.97 Å². The molecule has 2 fully saturated rings. The van der Waals surface area contributed by atoms with Crippen molar-refractivity contribution in [2.75, 3.05) is 39.9 Å². The van der Waals surface area contributed by atoms with Gasteiger partial charge < -0.3 is 28.9 Å². The molecule has 0 saturated carbocycles. The van der Waals surface area contributed by atoms with Crippen molar-refractivity contribution in [1.29, 1.82) is 0 Å². The molecule has 0 unspecified atom stereocenters. The average Bonchev–Trinajstić information content (AvgIpc) is 3.64. The van der Waals surface area contributed by atoms with Crippen LogP contribution >= 0.6 is 11.3 Å². The number of carbonyl (C=O) groups excluding carboxylic acids is 2. The van der Waals surface area contributed by atoms with Crippen LogP contribution in [0.1, 0.15) is 95.0 Å². The molecule has 10 nitrogen and oxygen atoms in total. The minimum atomic E-state index is -2.13. The van der Waals surface area contributed by atoms with E-state index in [2.05, 4.69) is 68.0 Å². The van der Waals surface area contributed by atoms with Crippen molar-refractivity contribution in [3.8, 4) is 5.75 Å². The number of unbranched alkanes of at least 4 members (excludes halogenated alkanes) is 1. The first-order chi connectivity index (χ1) is 25.7. The Morgan fingerprint density at radius 1 is 1.00 bits per heavy atom. The van der Waals surface area contributed by atoms with Crippen LogP contribution in [-0.4, -0.2) is 85.6 Å². The topological polar surface area (TPSA) is 121 Å². The Hall–Kier alpha value is -3.81. The zero-order chi connectivity index (χ0) is 38.7. The molecule has 12 heteroatoms. The molecule has 2 aliphatic heterocycles. The second kappa shape index (κ2) is 16.5. The summed E-state index contributed by atoms with van der Waals surface area (Å²) in [6.07, 6.45) is 5.37. The molecule has 6 rings (SSSR count). The summed E-state index contributed by atoms with van der Waals surface area (Å²) in [5.74, 6) is -0.412. The molecule has 54 heavy (non-hydrogen) atoms. The molecule has 1 amide bonds. The highest BCUT2D eigenvalue weighted by Crippen LogP contribution is 2.43. The number of fused-ring (bicyclic) bond motifs is 1. The Labute approximate surface area is 323 Å². The zero-order valence-corrected chi connectivity index (χ0v) is 34.4. The summed E-state index contributed by atoms with van der Waals surface area (Å²) in [6.45, 7) is 15.6. The predicted octanol–water partition coefficient (Wildman–Crippen LogP) is 8.06. The lowest BCUT2D eigenvalue weighted by molar-refractivity contribution is -0.127. The SMILES string of the molecule is COC(=O)c1ccc(C(=O)N2CCOC3(CCN(Cc4cccc(CCCC[C@H](O[Si](C)(C)C(C)(C)C)c5ccc(O)c6[nH]c(=O)ccc56)c4)CC3)C2)s1. The van der Waals surface area contributed by atoms with Crippen molar-refractivity contribution < 1.29 is 28.6 Å². The van der Waals surface area contributed by atoms with E-state index in [1.165, 1.54) is 35.6 Å². The number of thiophene rings is 1. The number of H-pyrrole nitrogens is 1. The zero-order valence-electron chi connectivity index (χ0n) is 32.5. The summed E-state index contributed by atoms with van der Waals surface area (Å²) in [5, 5.41) is 11.4. The molecule has 2 aromatic carbocycles. The van der Waals surface area contributed by atoms with Crippen LogP contribution in [0.2, 0.25) is 18.1 Å². The number of pyridine rings is 1. The summed E-state index contributed by atoms with van der Waals surface area (Å²) in [5.41, 5.74) is 3.50. The lowest BCUT2D eigenvalue weighted by atomic mass is 9.89. The highest BCUT2D eigenvalue weighted by Gasteiger charge is 2.42. The van der Waals surface area contributed by atoms with Gasteiger partial charge in [-0.05, 0) is 91.2 Å². The fraction of sp³-hybridized carbons (Fsp3) is 0.500. The smallest absolute Gasteiger partial charge is 0.348 e. The standard InChI is InChI=1S/C42H55N3O7SSi/c1-41(2,3)54(5,6)52-34(31-14-16-33(46)38-32(31)15-19-37(47)43-38)13-8-7-10-29-11-9-12-30(26-29)27-44-22-20-42(21-23-44)28-45(24-25-51-42)39(48)35-17-18-36(53-35)40(49)50-4/h9,11-12,14-19,26,34,46H,7-8,10,13,20-25,27-28H2,1-6H3,(H,43,47)/t34-/m0/s1. The maximum Gasteiger partial charge on any atom is 0.348 e. The lowest BCUT2D eigenvalue weighted by Gasteiger charge is -2.47. The Morgan fingerprint density at radius 2 is 1.74 bits per heavy atom. The molecule has 4 aromatic rings. The largest absolute Gasteiger partial charge is 0.506 e. The van der Waals surface area contributed by atoms with Gasteiger partial charge in [0.2, 0.25) is 5.56 Å². The van der Waals surface area contributed by atoms with Gasteiger partial charge in [0.15, 0.2) is 8.32 Å². The number of phenolic OH excluding ortho intramolecular Hbond substituents is 1. The van der Waals surface area contributed by atoms with Crippen molar-refractivity contribution in [2.45, 2.75) is 95.7 Å². The van der Waals surface area contributed by atoms with E-state index in [0.29, 0.717) is 35.0 Å². The number of hydrogen-bond acceptors (Lipinski definition) is 9. The molecule has 1 spiro atoms. The maximum atomic E-state index is 13.3. The number of aromatic nitrogens is 1. The summed E-state index contributed by atoms with van der Waals surface area (Å²) in [4.78, 5) is 45.5. The van der Waals surface area contributed by atoms with Gasteiger partial charge in [-0.25, -0.2) is 4.79 Å². The number of methoxy groups -OCH3 is 1. The highest BCUT2D eigenvalue weighted by atomic mass is 32.1. The van der Waals surface area contributed by atoms with Gasteiger partial charge in [0, 0.05) is 37.6 Å². The quantitative estimate of drug-likeness (QED) is 0.0843. The molecule has 0 radical (unpaired) electrons. The van der Waals surface area contributed by atoms with E-state index in [1.54, 1.807) is 24.3 Å². The fourth-order valence-electron chi connectivity index (χ4n) is 7.41. The number of morpholine rings is 1. The Kier molecular flexibility index (Phi) is 12.2. The summed E-state index contributed by atoms with van der Waals surface area (Å²) >= 11 is 1.18. The first-order valence-corrected chi connectivity index (χ1v) is 22.8. The third kappa shape index (κ3) is 9.17. The highest BCUT2D eigenvalue weighted by molar-refractivity contribution is 7.15. The number of amides is 1. The molecule has 4 heterocycles. The molecular formula is C42H55N3O7SSi. The number of likely N-dealkylation sites (tertiary alicyclic amines) is 1. The number of esters is 1. The van der Waals surface area contributed by atoms with E-state index < -0.39 is 14.3 Å². The normalized spacial score (nSPS) is 17.2. The van der Waals surface area contributed by atoms with Crippen molar-refractivity contribution in [2.24, 2.45) is 0 Å². The molecule has 290 valence electrons. The van der Waals surface area contributed by atoms with E-state index in [-0.39, 0.29) is 34.0 Å². The van der Waals surface area contributed by atoms with Crippen LogP contribution in [0.25, 0.3) is 10.9 Å². The predicted molar refractivity (Wildman–Crippen MR) is 216 cm³/mol. The molecule has 0 bridgehead atoms. The number of rotatable bonds is 12. The monoisotopic (exact) mass is 773 g/mol. The maximum absolute atomic E-state index is 13.3.